The number of fused-ring (bicyclic) bond motifs is 1. The zero-order valence-electron chi connectivity index (χ0n) is 8.99. The fourth-order valence-electron chi connectivity index (χ4n) is 1.86. The normalized spacial score (nSPS) is 14.0. The van der Waals surface area contributed by atoms with E-state index in [0.29, 0.717) is 13.0 Å². The molecule has 0 aliphatic carbocycles. The van der Waals surface area contributed by atoms with Crippen LogP contribution in [-0.4, -0.2) is 29.9 Å². The number of benzene rings is 1. The van der Waals surface area contributed by atoms with Gasteiger partial charge in [-0.05, 0) is 6.92 Å². The Hall–Kier alpha value is -1.64. The van der Waals surface area contributed by atoms with Gasteiger partial charge in [0.1, 0.15) is 7.05 Å². The van der Waals surface area contributed by atoms with Gasteiger partial charge < -0.3 is 4.74 Å². The molecule has 0 saturated heterocycles. The summed E-state index contributed by atoms with van der Waals surface area (Å²) in [6, 6.07) is 8.02. The number of esters is 1. The van der Waals surface area contributed by atoms with E-state index in [9.17, 15) is 4.79 Å². The van der Waals surface area contributed by atoms with Crippen molar-refractivity contribution in [2.45, 2.75) is 13.3 Å². The molecule has 1 aliphatic heterocycles. The zero-order valence-corrected chi connectivity index (χ0v) is 8.99. The Morgan fingerprint density at radius 3 is 2.87 bits per heavy atom. The maximum Gasteiger partial charge on any atom is 0.399 e. The summed E-state index contributed by atoms with van der Waals surface area (Å²) in [5.41, 5.74) is 3.00. The highest BCUT2D eigenvalue weighted by Crippen LogP contribution is 2.24. The highest BCUT2D eigenvalue weighted by Gasteiger charge is 2.32. The van der Waals surface area contributed by atoms with Gasteiger partial charge in [-0.3, -0.25) is 0 Å². The maximum atomic E-state index is 11.6. The molecule has 1 aromatic carbocycles. The standard InChI is InChI=1S/C12H14NO2/c1-3-15-12(14)11-8-9-6-4-5-7-10(9)13(11)2/h4-7H,3,8H2,1-2H3/q+1. The summed E-state index contributed by atoms with van der Waals surface area (Å²) in [4.78, 5) is 11.6. The number of carbonyl (C=O) groups is 1. The molecule has 3 nitrogen and oxygen atoms in total. The minimum atomic E-state index is -0.212. The zero-order chi connectivity index (χ0) is 10.8. The highest BCUT2D eigenvalue weighted by molar-refractivity contribution is 6.35. The number of carbonyl (C=O) groups excluding carboxylic acids is 1. The van der Waals surface area contributed by atoms with E-state index in [0.717, 1.165) is 11.4 Å². The first-order valence-corrected chi connectivity index (χ1v) is 5.08. The third-order valence-corrected chi connectivity index (χ3v) is 2.63. The third kappa shape index (κ3) is 1.65. The Balaban J connectivity index is 2.33. The largest absolute Gasteiger partial charge is 0.458 e. The van der Waals surface area contributed by atoms with E-state index in [1.807, 2.05) is 42.8 Å². The Labute approximate surface area is 89.0 Å². The Bertz CT molecular complexity index is 435. The summed E-state index contributed by atoms with van der Waals surface area (Å²) < 4.78 is 6.92. The van der Waals surface area contributed by atoms with Crippen LogP contribution in [0.1, 0.15) is 12.5 Å². The molecule has 2 rings (SSSR count). The van der Waals surface area contributed by atoms with Crippen molar-refractivity contribution in [2.24, 2.45) is 0 Å². The summed E-state index contributed by atoms with van der Waals surface area (Å²) in [6.07, 6.45) is 0.672. The molecule has 0 amide bonds. The van der Waals surface area contributed by atoms with E-state index in [2.05, 4.69) is 0 Å². The first-order chi connectivity index (χ1) is 7.24. The second-order valence-corrected chi connectivity index (χ2v) is 3.53. The lowest BCUT2D eigenvalue weighted by molar-refractivity contribution is -0.401. The topological polar surface area (TPSA) is 29.3 Å². The van der Waals surface area contributed by atoms with E-state index >= 15 is 0 Å². The molecule has 1 heterocycles. The molecule has 0 unspecified atom stereocenters. The van der Waals surface area contributed by atoms with Crippen LogP contribution in [0.25, 0.3) is 0 Å². The summed E-state index contributed by atoms with van der Waals surface area (Å²) >= 11 is 0. The third-order valence-electron chi connectivity index (χ3n) is 2.63. The molecule has 3 heteroatoms. The predicted molar refractivity (Wildman–Crippen MR) is 57.6 cm³/mol. The molecule has 0 spiro atoms. The van der Waals surface area contributed by atoms with Crippen LogP contribution in [0.15, 0.2) is 24.3 Å². The highest BCUT2D eigenvalue weighted by atomic mass is 16.5. The van der Waals surface area contributed by atoms with Crippen LogP contribution in [0.2, 0.25) is 0 Å². The van der Waals surface area contributed by atoms with Crippen LogP contribution in [0.4, 0.5) is 5.69 Å². The van der Waals surface area contributed by atoms with Crippen LogP contribution in [0.5, 0.6) is 0 Å². The fraction of sp³-hybridized carbons (Fsp3) is 0.333. The Morgan fingerprint density at radius 1 is 1.47 bits per heavy atom. The minimum Gasteiger partial charge on any atom is -0.458 e. The number of hydrogen-bond donors (Lipinski definition) is 0. The first-order valence-electron chi connectivity index (χ1n) is 5.08. The summed E-state index contributed by atoms with van der Waals surface area (Å²) in [6.45, 7) is 2.24. The average molecular weight is 204 g/mol. The van der Waals surface area contributed by atoms with Gasteiger partial charge in [0, 0.05) is 11.6 Å². The minimum absolute atomic E-state index is 0.212. The van der Waals surface area contributed by atoms with Crippen molar-refractivity contribution in [1.29, 1.82) is 0 Å². The van der Waals surface area contributed by atoms with Crippen LogP contribution in [0, 0.1) is 0 Å². The molecule has 0 aromatic heterocycles. The molecule has 0 N–H and O–H groups in total. The lowest BCUT2D eigenvalue weighted by Crippen LogP contribution is -2.23. The molecule has 0 fully saturated rings. The summed E-state index contributed by atoms with van der Waals surface area (Å²) in [5.74, 6) is -0.212. The summed E-state index contributed by atoms with van der Waals surface area (Å²) in [5, 5.41) is 0. The number of hydrogen-bond acceptors (Lipinski definition) is 2. The lowest BCUT2D eigenvalue weighted by atomic mass is 10.1. The van der Waals surface area contributed by atoms with Crippen LogP contribution in [-0.2, 0) is 16.0 Å². The summed E-state index contributed by atoms with van der Waals surface area (Å²) in [7, 11) is 1.90. The van der Waals surface area contributed by atoms with Crippen molar-refractivity contribution < 1.29 is 14.1 Å². The van der Waals surface area contributed by atoms with Gasteiger partial charge in [-0.1, -0.05) is 18.2 Å². The number of ether oxygens (including phenoxy) is 1. The van der Waals surface area contributed by atoms with E-state index < -0.39 is 0 Å². The van der Waals surface area contributed by atoms with Gasteiger partial charge in [0.25, 0.3) is 5.71 Å². The molecule has 0 bridgehead atoms. The number of para-hydroxylation sites is 1. The van der Waals surface area contributed by atoms with Crippen molar-refractivity contribution in [2.75, 3.05) is 13.7 Å². The van der Waals surface area contributed by atoms with Gasteiger partial charge in [0.15, 0.2) is 0 Å². The first kappa shape index (κ1) is 9.90. The Kier molecular flexibility index (Phi) is 2.54. The quantitative estimate of drug-likeness (QED) is 0.540. The van der Waals surface area contributed by atoms with Crippen LogP contribution in [0.3, 0.4) is 0 Å². The molecule has 0 atom stereocenters. The van der Waals surface area contributed by atoms with Crippen molar-refractivity contribution in [3.05, 3.63) is 29.8 Å². The smallest absolute Gasteiger partial charge is 0.399 e. The van der Waals surface area contributed by atoms with Crippen molar-refractivity contribution in [1.82, 2.24) is 0 Å². The molecule has 15 heavy (non-hydrogen) atoms. The van der Waals surface area contributed by atoms with Gasteiger partial charge >= 0.3 is 5.97 Å². The van der Waals surface area contributed by atoms with Crippen LogP contribution < -0.4 is 0 Å². The maximum absolute atomic E-state index is 11.6. The SMILES string of the molecule is CCOC(=O)C1=[N+](C)c2ccccc2C1. The molecular formula is C12H14NO2+. The predicted octanol–water partition coefficient (Wildman–Crippen LogP) is 1.52. The van der Waals surface area contributed by atoms with Gasteiger partial charge in [-0.15, -0.1) is 0 Å². The monoisotopic (exact) mass is 204 g/mol. The fourth-order valence-corrected chi connectivity index (χ4v) is 1.86. The molecule has 1 aromatic rings. The van der Waals surface area contributed by atoms with Gasteiger partial charge in [0.2, 0.25) is 5.69 Å². The molecule has 1 aliphatic rings. The second-order valence-electron chi connectivity index (χ2n) is 3.53. The van der Waals surface area contributed by atoms with E-state index in [-0.39, 0.29) is 5.97 Å². The average Bonchev–Trinajstić information content (AvgIpc) is 2.57. The van der Waals surface area contributed by atoms with Gasteiger partial charge in [0.05, 0.1) is 13.0 Å². The van der Waals surface area contributed by atoms with E-state index in [4.69, 9.17) is 4.74 Å². The number of rotatable bonds is 2. The van der Waals surface area contributed by atoms with Crippen LogP contribution >= 0.6 is 0 Å². The molecular weight excluding hydrogens is 190 g/mol. The van der Waals surface area contributed by atoms with Gasteiger partial charge in [-0.25, -0.2) is 4.79 Å². The lowest BCUT2D eigenvalue weighted by Gasteiger charge is -1.97. The number of nitrogens with zero attached hydrogens (tertiary/aromatic N) is 1. The molecule has 0 radical (unpaired) electrons. The van der Waals surface area contributed by atoms with Gasteiger partial charge in [-0.2, -0.15) is 4.58 Å². The van der Waals surface area contributed by atoms with Crippen molar-refractivity contribution in [3.8, 4) is 0 Å². The van der Waals surface area contributed by atoms with E-state index in [1.165, 1.54) is 5.56 Å². The molecule has 78 valence electrons. The van der Waals surface area contributed by atoms with Crippen molar-refractivity contribution >= 4 is 17.4 Å². The second kappa shape index (κ2) is 3.85. The van der Waals surface area contributed by atoms with E-state index in [1.54, 1.807) is 0 Å². The molecule has 0 saturated carbocycles. The van der Waals surface area contributed by atoms with Crippen molar-refractivity contribution in [3.63, 3.8) is 0 Å². The Morgan fingerprint density at radius 2 is 2.20 bits per heavy atom.